The van der Waals surface area contributed by atoms with Crippen LogP contribution in [0.3, 0.4) is 0 Å². The second-order valence-electron chi connectivity index (χ2n) is 7.34. The average Bonchev–Trinajstić information content (AvgIpc) is 2.42. The van der Waals surface area contributed by atoms with Crippen molar-refractivity contribution in [2.24, 2.45) is 11.7 Å². The molecular weight excluding hydrogens is 306 g/mol. The van der Waals surface area contributed by atoms with Crippen LogP contribution in [-0.4, -0.2) is 30.2 Å². The first-order valence-electron chi connectivity index (χ1n) is 8.36. The Morgan fingerprint density at radius 2 is 2.00 bits per heavy atom. The van der Waals surface area contributed by atoms with Gasteiger partial charge in [-0.2, -0.15) is 0 Å². The van der Waals surface area contributed by atoms with Crippen LogP contribution in [0.25, 0.3) is 0 Å². The molecule has 2 amide bonds. The van der Waals surface area contributed by atoms with E-state index in [-0.39, 0.29) is 12.1 Å². The number of hydrogen-bond donors (Lipinski definition) is 3. The molecule has 2 rings (SSSR count). The Morgan fingerprint density at radius 3 is 2.62 bits per heavy atom. The molecule has 1 aliphatic carbocycles. The maximum absolute atomic E-state index is 11.7. The van der Waals surface area contributed by atoms with Crippen LogP contribution in [0.15, 0.2) is 24.3 Å². The number of carbonyl (C=O) groups is 2. The molecular formula is C18H27N3O3. The predicted octanol–water partition coefficient (Wildman–Crippen LogP) is 2.89. The lowest BCUT2D eigenvalue weighted by Crippen LogP contribution is -2.46. The Balaban J connectivity index is 1.63. The summed E-state index contributed by atoms with van der Waals surface area (Å²) < 4.78 is 5.25. The summed E-state index contributed by atoms with van der Waals surface area (Å²) in [5, 5.41) is 6.20. The molecule has 1 fully saturated rings. The van der Waals surface area contributed by atoms with E-state index in [0.29, 0.717) is 11.5 Å². The first-order chi connectivity index (χ1) is 11.2. The van der Waals surface area contributed by atoms with E-state index in [0.717, 1.165) is 31.5 Å². The first kappa shape index (κ1) is 18.1. The molecule has 1 aliphatic rings. The summed E-state index contributed by atoms with van der Waals surface area (Å²) >= 11 is 0. The number of primary amides is 1. The van der Waals surface area contributed by atoms with E-state index in [1.165, 1.54) is 0 Å². The van der Waals surface area contributed by atoms with Crippen LogP contribution in [0, 0.1) is 5.92 Å². The van der Waals surface area contributed by atoms with E-state index in [4.69, 9.17) is 10.5 Å². The molecule has 1 saturated carbocycles. The van der Waals surface area contributed by atoms with E-state index >= 15 is 0 Å². The van der Waals surface area contributed by atoms with Gasteiger partial charge >= 0.3 is 6.09 Å². The monoisotopic (exact) mass is 333 g/mol. The Labute approximate surface area is 143 Å². The van der Waals surface area contributed by atoms with Crippen molar-refractivity contribution >= 4 is 17.7 Å². The van der Waals surface area contributed by atoms with Crippen LogP contribution >= 0.6 is 0 Å². The molecule has 0 aliphatic heterocycles. The smallest absolute Gasteiger partial charge is 0.407 e. The number of benzene rings is 1. The third-order valence-corrected chi connectivity index (χ3v) is 3.99. The van der Waals surface area contributed by atoms with Gasteiger partial charge in [-0.15, -0.1) is 0 Å². The minimum Gasteiger partial charge on any atom is -0.444 e. The van der Waals surface area contributed by atoms with Gasteiger partial charge in [-0.1, -0.05) is 6.07 Å². The second kappa shape index (κ2) is 7.55. The largest absolute Gasteiger partial charge is 0.444 e. The SMILES string of the molecule is CC(C)(C)OC(=O)NC1CC(CCNc2cccc(C(N)=O)c2)C1. The van der Waals surface area contributed by atoms with Gasteiger partial charge in [-0.3, -0.25) is 4.79 Å². The van der Waals surface area contributed by atoms with Gasteiger partial charge in [-0.05, 0) is 64.2 Å². The number of amides is 2. The molecule has 4 N–H and O–H groups in total. The number of nitrogens with two attached hydrogens (primary N) is 1. The summed E-state index contributed by atoms with van der Waals surface area (Å²) in [5.74, 6) is 0.172. The number of anilines is 1. The molecule has 24 heavy (non-hydrogen) atoms. The maximum atomic E-state index is 11.7. The van der Waals surface area contributed by atoms with Gasteiger partial charge < -0.3 is 21.1 Å². The number of hydrogen-bond acceptors (Lipinski definition) is 4. The lowest BCUT2D eigenvalue weighted by molar-refractivity contribution is 0.0450. The Hall–Kier alpha value is -2.24. The topological polar surface area (TPSA) is 93.4 Å². The van der Waals surface area contributed by atoms with Gasteiger partial charge in [0.2, 0.25) is 5.91 Å². The highest BCUT2D eigenvalue weighted by Gasteiger charge is 2.31. The maximum Gasteiger partial charge on any atom is 0.407 e. The molecule has 0 saturated heterocycles. The number of ether oxygens (including phenoxy) is 1. The first-order valence-corrected chi connectivity index (χ1v) is 8.36. The molecule has 0 radical (unpaired) electrons. The van der Waals surface area contributed by atoms with Gasteiger partial charge in [0.1, 0.15) is 5.60 Å². The number of nitrogens with one attached hydrogen (secondary N) is 2. The van der Waals surface area contributed by atoms with Gasteiger partial charge in [0.15, 0.2) is 0 Å². The molecule has 6 nitrogen and oxygen atoms in total. The highest BCUT2D eigenvalue weighted by Crippen LogP contribution is 2.30. The molecule has 0 unspecified atom stereocenters. The molecule has 0 atom stereocenters. The van der Waals surface area contributed by atoms with Gasteiger partial charge in [0.25, 0.3) is 0 Å². The van der Waals surface area contributed by atoms with Crippen molar-refractivity contribution in [1.82, 2.24) is 5.32 Å². The fourth-order valence-electron chi connectivity index (χ4n) is 2.77. The summed E-state index contributed by atoms with van der Waals surface area (Å²) in [5.41, 5.74) is 6.21. The van der Waals surface area contributed by atoms with Crippen LogP contribution in [0.2, 0.25) is 0 Å². The third kappa shape index (κ3) is 5.76. The molecule has 132 valence electrons. The third-order valence-electron chi connectivity index (χ3n) is 3.99. The van der Waals surface area contributed by atoms with Crippen molar-refractivity contribution in [2.45, 2.75) is 51.7 Å². The van der Waals surface area contributed by atoms with E-state index in [1.807, 2.05) is 32.9 Å². The Kier molecular flexibility index (Phi) is 5.70. The lowest BCUT2D eigenvalue weighted by Gasteiger charge is -2.36. The van der Waals surface area contributed by atoms with Gasteiger partial charge in [0, 0.05) is 23.8 Å². The predicted molar refractivity (Wildman–Crippen MR) is 93.9 cm³/mol. The lowest BCUT2D eigenvalue weighted by atomic mass is 9.78. The molecule has 6 heteroatoms. The normalized spacial score (nSPS) is 20.0. The van der Waals surface area contributed by atoms with E-state index < -0.39 is 11.5 Å². The van der Waals surface area contributed by atoms with Crippen molar-refractivity contribution in [3.05, 3.63) is 29.8 Å². The summed E-state index contributed by atoms with van der Waals surface area (Å²) in [4.78, 5) is 22.8. The molecule has 1 aromatic carbocycles. The minimum absolute atomic E-state index is 0.211. The summed E-state index contributed by atoms with van der Waals surface area (Å²) in [6.07, 6.45) is 2.63. The highest BCUT2D eigenvalue weighted by molar-refractivity contribution is 5.93. The quantitative estimate of drug-likeness (QED) is 0.746. The van der Waals surface area contributed by atoms with E-state index in [2.05, 4.69) is 10.6 Å². The molecule has 0 aromatic heterocycles. The molecule has 0 bridgehead atoms. The highest BCUT2D eigenvalue weighted by atomic mass is 16.6. The number of carbonyl (C=O) groups excluding carboxylic acids is 2. The fourth-order valence-corrected chi connectivity index (χ4v) is 2.77. The number of alkyl carbamates (subject to hydrolysis) is 1. The number of rotatable bonds is 6. The summed E-state index contributed by atoms with van der Waals surface area (Å²) in [6, 6.07) is 7.40. The average molecular weight is 333 g/mol. The molecule has 0 heterocycles. The van der Waals surface area contributed by atoms with Crippen LogP contribution in [0.5, 0.6) is 0 Å². The van der Waals surface area contributed by atoms with Crippen molar-refractivity contribution < 1.29 is 14.3 Å². The Morgan fingerprint density at radius 1 is 1.29 bits per heavy atom. The summed E-state index contributed by atoms with van der Waals surface area (Å²) in [6.45, 7) is 6.39. The van der Waals surface area contributed by atoms with Crippen LogP contribution in [-0.2, 0) is 4.74 Å². The van der Waals surface area contributed by atoms with Crippen LogP contribution < -0.4 is 16.4 Å². The molecule has 1 aromatic rings. The van der Waals surface area contributed by atoms with Crippen molar-refractivity contribution in [3.63, 3.8) is 0 Å². The fraction of sp³-hybridized carbons (Fsp3) is 0.556. The Bertz CT molecular complexity index is 589. The second-order valence-corrected chi connectivity index (χ2v) is 7.34. The van der Waals surface area contributed by atoms with E-state index in [1.54, 1.807) is 12.1 Å². The standard InChI is InChI=1S/C18H27N3O3/c1-18(2,3)24-17(23)21-15-9-12(10-15)7-8-20-14-6-4-5-13(11-14)16(19)22/h4-6,11-12,15,20H,7-10H2,1-3H3,(H2,19,22)(H,21,23). The van der Waals surface area contributed by atoms with E-state index in [9.17, 15) is 9.59 Å². The van der Waals surface area contributed by atoms with Crippen molar-refractivity contribution in [3.8, 4) is 0 Å². The van der Waals surface area contributed by atoms with Gasteiger partial charge in [-0.25, -0.2) is 4.79 Å². The van der Waals surface area contributed by atoms with Crippen LogP contribution in [0.4, 0.5) is 10.5 Å². The summed E-state index contributed by atoms with van der Waals surface area (Å²) in [7, 11) is 0. The van der Waals surface area contributed by atoms with Crippen molar-refractivity contribution in [2.75, 3.05) is 11.9 Å². The zero-order valence-corrected chi connectivity index (χ0v) is 14.6. The zero-order valence-electron chi connectivity index (χ0n) is 14.6. The minimum atomic E-state index is -0.462. The molecule has 0 spiro atoms. The zero-order chi connectivity index (χ0) is 17.7. The van der Waals surface area contributed by atoms with Gasteiger partial charge in [0.05, 0.1) is 0 Å². The van der Waals surface area contributed by atoms with Crippen LogP contribution in [0.1, 0.15) is 50.4 Å². The van der Waals surface area contributed by atoms with Crippen molar-refractivity contribution in [1.29, 1.82) is 0 Å².